The lowest BCUT2D eigenvalue weighted by molar-refractivity contribution is 0.0229. The van der Waals surface area contributed by atoms with Crippen molar-refractivity contribution in [2.24, 2.45) is 0 Å². The van der Waals surface area contributed by atoms with Crippen molar-refractivity contribution >= 4 is 12.5 Å². The first-order valence-electron chi connectivity index (χ1n) is 5.53. The molecule has 2 amide bonds. The number of rotatable bonds is 3. The molecule has 5 heteroatoms. The Kier molecular flexibility index (Phi) is 4.15. The number of nitrogens with one attached hydrogen (secondary N) is 1. The van der Waals surface area contributed by atoms with Gasteiger partial charge in [-0.3, -0.25) is 4.79 Å². The summed E-state index contributed by atoms with van der Waals surface area (Å²) in [6, 6.07) is 0.0382. The first-order chi connectivity index (χ1) is 7.44. The second-order valence-corrected chi connectivity index (χ2v) is 4.95. The molecule has 0 aromatic rings. The Morgan fingerprint density at radius 2 is 2.25 bits per heavy atom. The van der Waals surface area contributed by atoms with E-state index in [1.165, 1.54) is 0 Å². The highest BCUT2D eigenvalue weighted by molar-refractivity contribution is 5.69. The highest BCUT2D eigenvalue weighted by atomic mass is 16.6. The molecule has 0 spiro atoms. The molecule has 5 nitrogen and oxygen atoms in total. The number of nitrogens with zero attached hydrogens (tertiary/aromatic N) is 1. The maximum atomic E-state index is 11.8. The lowest BCUT2D eigenvalue weighted by Gasteiger charge is -2.28. The van der Waals surface area contributed by atoms with Crippen LogP contribution in [0.1, 0.15) is 33.6 Å². The molecule has 1 fully saturated rings. The molecule has 1 radical (unpaired) electrons. The summed E-state index contributed by atoms with van der Waals surface area (Å²) in [5, 5.41) is 2.48. The zero-order chi connectivity index (χ0) is 12.2. The summed E-state index contributed by atoms with van der Waals surface area (Å²) in [6.07, 6.45) is 3.17. The van der Waals surface area contributed by atoms with Crippen LogP contribution in [-0.4, -0.2) is 42.1 Å². The van der Waals surface area contributed by atoms with E-state index in [0.29, 0.717) is 13.1 Å². The van der Waals surface area contributed by atoms with E-state index < -0.39 is 5.60 Å². The summed E-state index contributed by atoms with van der Waals surface area (Å²) >= 11 is 0. The third kappa shape index (κ3) is 3.72. The van der Waals surface area contributed by atoms with Crippen molar-refractivity contribution in [2.45, 2.75) is 45.3 Å². The molecule has 1 saturated heterocycles. The van der Waals surface area contributed by atoms with Crippen molar-refractivity contribution in [3.63, 3.8) is 0 Å². The molecule has 0 bridgehead atoms. The van der Waals surface area contributed by atoms with Gasteiger partial charge in [-0.2, -0.15) is 0 Å². The van der Waals surface area contributed by atoms with Gasteiger partial charge in [0.15, 0.2) is 0 Å². The van der Waals surface area contributed by atoms with Gasteiger partial charge in [-0.1, -0.05) is 0 Å². The molecule has 0 unspecified atom stereocenters. The average Bonchev–Trinajstić information content (AvgIpc) is 2.59. The molecular weight excluding hydrogens is 208 g/mol. The molecule has 16 heavy (non-hydrogen) atoms. The van der Waals surface area contributed by atoms with Crippen LogP contribution in [0.3, 0.4) is 0 Å². The van der Waals surface area contributed by atoms with Crippen molar-refractivity contribution in [1.82, 2.24) is 10.2 Å². The predicted molar refractivity (Wildman–Crippen MR) is 59.7 cm³/mol. The standard InChI is InChI=1S/C11H19N2O3/c1-11(2,3)16-10(15)13-6-4-5-9(13)7-12-8-14/h9H,4-7H2,1-3H3,(H,12,14)/t9-/m1/s1. The molecule has 1 heterocycles. The van der Waals surface area contributed by atoms with Gasteiger partial charge in [0, 0.05) is 13.1 Å². The van der Waals surface area contributed by atoms with E-state index in [1.54, 1.807) is 11.3 Å². The quantitative estimate of drug-likeness (QED) is 0.733. The molecule has 0 aromatic heterocycles. The van der Waals surface area contributed by atoms with E-state index in [1.807, 2.05) is 20.8 Å². The molecule has 0 aromatic carbocycles. The number of hydrogen-bond donors (Lipinski definition) is 1. The fourth-order valence-electron chi connectivity index (χ4n) is 1.77. The predicted octanol–water partition coefficient (Wildman–Crippen LogP) is 1.04. The van der Waals surface area contributed by atoms with Gasteiger partial charge >= 0.3 is 12.5 Å². The average molecular weight is 227 g/mol. The van der Waals surface area contributed by atoms with E-state index in [4.69, 9.17) is 4.74 Å². The Labute approximate surface area is 96.1 Å². The Hall–Kier alpha value is -1.26. The Bertz CT molecular complexity index is 260. The third-order valence-electron chi connectivity index (χ3n) is 2.41. The molecular formula is C11H19N2O3. The number of ether oxygens (including phenoxy) is 1. The van der Waals surface area contributed by atoms with Gasteiger partial charge in [0.1, 0.15) is 5.60 Å². The molecule has 0 saturated carbocycles. The summed E-state index contributed by atoms with van der Waals surface area (Å²) in [5.74, 6) is 0. The second kappa shape index (κ2) is 5.18. The smallest absolute Gasteiger partial charge is 0.410 e. The summed E-state index contributed by atoms with van der Waals surface area (Å²) in [7, 11) is 0. The minimum Gasteiger partial charge on any atom is -0.444 e. The second-order valence-electron chi connectivity index (χ2n) is 4.95. The van der Waals surface area contributed by atoms with E-state index in [2.05, 4.69) is 5.32 Å². The Morgan fingerprint density at radius 3 is 2.81 bits per heavy atom. The van der Waals surface area contributed by atoms with Crippen LogP contribution in [0.5, 0.6) is 0 Å². The first kappa shape index (κ1) is 12.8. The summed E-state index contributed by atoms with van der Waals surface area (Å²) in [6.45, 7) is 6.66. The molecule has 0 aliphatic carbocycles. The van der Waals surface area contributed by atoms with E-state index >= 15 is 0 Å². The third-order valence-corrected chi connectivity index (χ3v) is 2.41. The summed E-state index contributed by atoms with van der Waals surface area (Å²) in [5.41, 5.74) is -0.478. The van der Waals surface area contributed by atoms with Crippen LogP contribution in [0.2, 0.25) is 0 Å². The monoisotopic (exact) mass is 227 g/mol. The number of amides is 2. The maximum absolute atomic E-state index is 11.8. The highest BCUT2D eigenvalue weighted by Gasteiger charge is 2.31. The molecule has 1 rings (SSSR count). The molecule has 91 valence electrons. The van der Waals surface area contributed by atoms with Crippen molar-refractivity contribution in [3.05, 3.63) is 0 Å². The van der Waals surface area contributed by atoms with Gasteiger partial charge in [-0.05, 0) is 33.6 Å². The number of hydrogen-bond acceptors (Lipinski definition) is 3. The Morgan fingerprint density at radius 1 is 1.56 bits per heavy atom. The van der Waals surface area contributed by atoms with E-state index in [-0.39, 0.29) is 12.1 Å². The normalized spacial score (nSPS) is 20.7. The fraction of sp³-hybridized carbons (Fsp3) is 0.818. The lowest BCUT2D eigenvalue weighted by atomic mass is 10.2. The van der Waals surface area contributed by atoms with Gasteiger partial charge in [0.05, 0.1) is 6.04 Å². The van der Waals surface area contributed by atoms with Crippen molar-refractivity contribution in [2.75, 3.05) is 13.1 Å². The molecule has 1 aliphatic rings. The van der Waals surface area contributed by atoms with E-state index in [0.717, 1.165) is 12.8 Å². The van der Waals surface area contributed by atoms with Gasteiger partial charge in [0.2, 0.25) is 0 Å². The van der Waals surface area contributed by atoms with Crippen LogP contribution in [0, 0.1) is 0 Å². The van der Waals surface area contributed by atoms with Gasteiger partial charge in [-0.25, -0.2) is 4.79 Å². The Balaban J connectivity index is 2.50. The van der Waals surface area contributed by atoms with Crippen LogP contribution in [0.25, 0.3) is 0 Å². The highest BCUT2D eigenvalue weighted by Crippen LogP contribution is 2.20. The summed E-state index contributed by atoms with van der Waals surface area (Å²) < 4.78 is 5.29. The number of carbonyl (C=O) groups excluding carboxylic acids is 2. The van der Waals surface area contributed by atoms with Crippen molar-refractivity contribution < 1.29 is 14.3 Å². The van der Waals surface area contributed by atoms with Crippen molar-refractivity contribution in [3.8, 4) is 0 Å². The first-order valence-corrected chi connectivity index (χ1v) is 5.53. The molecule has 1 aliphatic heterocycles. The SMILES string of the molecule is CC(C)(C)OC(=O)N1CCC[C@@H]1CN[C]=O. The fourth-order valence-corrected chi connectivity index (χ4v) is 1.77. The topological polar surface area (TPSA) is 58.6 Å². The minimum atomic E-state index is -0.478. The van der Waals surface area contributed by atoms with Crippen LogP contribution < -0.4 is 5.32 Å². The zero-order valence-corrected chi connectivity index (χ0v) is 10.1. The molecule has 1 atom stereocenters. The zero-order valence-electron chi connectivity index (χ0n) is 10.1. The van der Waals surface area contributed by atoms with Gasteiger partial charge < -0.3 is 15.0 Å². The number of likely N-dealkylation sites (tertiary alicyclic amines) is 1. The van der Waals surface area contributed by atoms with Crippen molar-refractivity contribution in [1.29, 1.82) is 0 Å². The molecule has 1 N–H and O–H groups in total. The largest absolute Gasteiger partial charge is 0.444 e. The lowest BCUT2D eigenvalue weighted by Crippen LogP contribution is -2.43. The van der Waals surface area contributed by atoms with Gasteiger partial charge in [0.25, 0.3) is 0 Å². The summed E-state index contributed by atoms with van der Waals surface area (Å²) in [4.78, 5) is 23.6. The van der Waals surface area contributed by atoms with Crippen LogP contribution in [0.15, 0.2) is 0 Å². The number of carbonyl (C=O) groups is 1. The van der Waals surface area contributed by atoms with Crippen LogP contribution in [-0.2, 0) is 9.53 Å². The van der Waals surface area contributed by atoms with Crippen LogP contribution in [0.4, 0.5) is 4.79 Å². The van der Waals surface area contributed by atoms with E-state index in [9.17, 15) is 9.59 Å². The van der Waals surface area contributed by atoms with Gasteiger partial charge in [-0.15, -0.1) is 0 Å². The minimum absolute atomic E-state index is 0.0382. The van der Waals surface area contributed by atoms with Crippen LogP contribution >= 0.6 is 0 Å². The maximum Gasteiger partial charge on any atom is 0.410 e.